The van der Waals surface area contributed by atoms with Crippen LogP contribution in [0.3, 0.4) is 0 Å². The number of hydrogen-bond acceptors (Lipinski definition) is 1. The largest absolute Gasteiger partial charge is 0.313 e. The van der Waals surface area contributed by atoms with Crippen LogP contribution in [0.4, 0.5) is 0 Å². The van der Waals surface area contributed by atoms with Crippen LogP contribution in [0.25, 0.3) is 0 Å². The van der Waals surface area contributed by atoms with E-state index in [1.54, 1.807) is 5.57 Å². The second-order valence-electron chi connectivity index (χ2n) is 2.90. The molecule has 0 aromatic heterocycles. The first-order chi connectivity index (χ1) is 6.30. The number of rotatable bonds is 1. The molecule has 0 aliphatic carbocycles. The summed E-state index contributed by atoms with van der Waals surface area (Å²) >= 11 is 0. The fraction of sp³-hybridized carbons (Fsp3) is 0.833. The Morgan fingerprint density at radius 2 is 1.69 bits per heavy atom. The Morgan fingerprint density at radius 3 is 1.92 bits per heavy atom. The van der Waals surface area contributed by atoms with E-state index in [-0.39, 0.29) is 0 Å². The van der Waals surface area contributed by atoms with Crippen LogP contribution in [-0.4, -0.2) is 13.1 Å². The SMILES string of the molecule is CC.CC.CC(C)C1=CCCNC1. The van der Waals surface area contributed by atoms with Crippen LogP contribution in [-0.2, 0) is 0 Å². The van der Waals surface area contributed by atoms with Crippen LogP contribution in [0.1, 0.15) is 48.0 Å². The summed E-state index contributed by atoms with van der Waals surface area (Å²) in [6.45, 7) is 14.8. The maximum Gasteiger partial charge on any atom is 0.0167 e. The summed E-state index contributed by atoms with van der Waals surface area (Å²) in [7, 11) is 0. The average Bonchev–Trinajstić information content (AvgIpc) is 2.25. The van der Waals surface area contributed by atoms with Crippen molar-refractivity contribution < 1.29 is 0 Å². The second-order valence-corrected chi connectivity index (χ2v) is 2.90. The summed E-state index contributed by atoms with van der Waals surface area (Å²) in [4.78, 5) is 0. The van der Waals surface area contributed by atoms with E-state index < -0.39 is 0 Å². The molecule has 1 heteroatoms. The summed E-state index contributed by atoms with van der Waals surface area (Å²) in [6.07, 6.45) is 3.58. The molecule has 13 heavy (non-hydrogen) atoms. The van der Waals surface area contributed by atoms with E-state index in [4.69, 9.17) is 0 Å². The topological polar surface area (TPSA) is 12.0 Å². The standard InChI is InChI=1S/C8H15N.2C2H6/c1-7(2)8-4-3-5-9-6-8;2*1-2/h4,7,9H,3,5-6H2,1-2H3;2*1-2H3. The van der Waals surface area contributed by atoms with Gasteiger partial charge in [-0.3, -0.25) is 0 Å². The summed E-state index contributed by atoms with van der Waals surface area (Å²) in [5.74, 6) is 0.734. The maximum atomic E-state index is 3.35. The molecule has 1 aliphatic heterocycles. The molecule has 0 fully saturated rings. The quantitative estimate of drug-likeness (QED) is 0.615. The zero-order valence-corrected chi connectivity index (χ0v) is 10.3. The van der Waals surface area contributed by atoms with Gasteiger partial charge in [-0.25, -0.2) is 0 Å². The molecule has 1 N–H and O–H groups in total. The molecular weight excluding hydrogens is 158 g/mol. The minimum Gasteiger partial charge on any atom is -0.313 e. The van der Waals surface area contributed by atoms with Gasteiger partial charge in [0.15, 0.2) is 0 Å². The molecule has 0 saturated carbocycles. The molecule has 1 aliphatic rings. The van der Waals surface area contributed by atoms with Crippen molar-refractivity contribution in [1.82, 2.24) is 5.32 Å². The van der Waals surface area contributed by atoms with E-state index in [9.17, 15) is 0 Å². The van der Waals surface area contributed by atoms with Gasteiger partial charge in [0.1, 0.15) is 0 Å². The predicted octanol–water partition coefficient (Wildman–Crippen LogP) is 3.61. The molecule has 0 radical (unpaired) electrons. The van der Waals surface area contributed by atoms with Gasteiger partial charge in [-0.1, -0.05) is 53.2 Å². The first kappa shape index (κ1) is 15.2. The molecule has 0 unspecified atom stereocenters. The minimum atomic E-state index is 0.734. The van der Waals surface area contributed by atoms with Gasteiger partial charge >= 0.3 is 0 Å². The zero-order valence-electron chi connectivity index (χ0n) is 10.3. The van der Waals surface area contributed by atoms with Crippen molar-refractivity contribution in [2.45, 2.75) is 48.0 Å². The Hall–Kier alpha value is -0.300. The summed E-state index contributed by atoms with van der Waals surface area (Å²) in [5, 5.41) is 3.35. The predicted molar refractivity (Wildman–Crippen MR) is 63.1 cm³/mol. The highest BCUT2D eigenvalue weighted by Gasteiger charge is 2.04. The van der Waals surface area contributed by atoms with Crippen molar-refractivity contribution in [1.29, 1.82) is 0 Å². The molecule has 0 atom stereocenters. The Morgan fingerprint density at radius 1 is 1.15 bits per heavy atom. The molecule has 1 rings (SSSR count). The average molecular weight is 185 g/mol. The van der Waals surface area contributed by atoms with Crippen molar-refractivity contribution in [2.75, 3.05) is 13.1 Å². The zero-order chi connectivity index (χ0) is 10.7. The number of nitrogens with one attached hydrogen (secondary N) is 1. The first-order valence-electron chi connectivity index (χ1n) is 5.70. The molecule has 0 aromatic rings. The van der Waals surface area contributed by atoms with Gasteiger partial charge < -0.3 is 5.32 Å². The second kappa shape index (κ2) is 11.7. The Bertz CT molecular complexity index is 114. The fourth-order valence-electron chi connectivity index (χ4n) is 1.10. The lowest BCUT2D eigenvalue weighted by molar-refractivity contribution is 0.627. The van der Waals surface area contributed by atoms with Crippen LogP contribution in [0.5, 0.6) is 0 Å². The molecule has 0 bridgehead atoms. The smallest absolute Gasteiger partial charge is 0.0167 e. The van der Waals surface area contributed by atoms with Gasteiger partial charge in [-0.05, 0) is 18.9 Å². The molecule has 1 heterocycles. The summed E-state index contributed by atoms with van der Waals surface area (Å²) < 4.78 is 0. The lowest BCUT2D eigenvalue weighted by Gasteiger charge is -2.16. The van der Waals surface area contributed by atoms with Crippen molar-refractivity contribution in [3.63, 3.8) is 0 Å². The minimum absolute atomic E-state index is 0.734. The Labute approximate surface area is 84.6 Å². The van der Waals surface area contributed by atoms with E-state index in [1.807, 2.05) is 27.7 Å². The van der Waals surface area contributed by atoms with Gasteiger partial charge in [0.05, 0.1) is 0 Å². The van der Waals surface area contributed by atoms with Crippen molar-refractivity contribution >= 4 is 0 Å². The van der Waals surface area contributed by atoms with E-state index in [0.717, 1.165) is 19.0 Å². The van der Waals surface area contributed by atoms with Crippen LogP contribution >= 0.6 is 0 Å². The highest BCUT2D eigenvalue weighted by Crippen LogP contribution is 2.11. The van der Waals surface area contributed by atoms with Crippen LogP contribution in [0, 0.1) is 5.92 Å². The highest BCUT2D eigenvalue weighted by atomic mass is 14.9. The molecule has 80 valence electrons. The van der Waals surface area contributed by atoms with Crippen LogP contribution < -0.4 is 5.32 Å². The fourth-order valence-corrected chi connectivity index (χ4v) is 1.10. The van der Waals surface area contributed by atoms with Crippen molar-refractivity contribution in [3.05, 3.63) is 11.6 Å². The molecule has 0 spiro atoms. The highest BCUT2D eigenvalue weighted by molar-refractivity contribution is 5.09. The Kier molecular flexibility index (Phi) is 13.7. The third kappa shape index (κ3) is 8.04. The van der Waals surface area contributed by atoms with E-state index in [2.05, 4.69) is 25.2 Å². The molecular formula is C12H27N. The first-order valence-corrected chi connectivity index (χ1v) is 5.70. The molecule has 0 amide bonds. The number of hydrogen-bond donors (Lipinski definition) is 1. The van der Waals surface area contributed by atoms with Gasteiger partial charge in [0.25, 0.3) is 0 Å². The van der Waals surface area contributed by atoms with Crippen molar-refractivity contribution in [2.24, 2.45) is 5.92 Å². The van der Waals surface area contributed by atoms with Crippen LogP contribution in [0.15, 0.2) is 11.6 Å². The van der Waals surface area contributed by atoms with Crippen molar-refractivity contribution in [3.8, 4) is 0 Å². The summed E-state index contributed by atoms with van der Waals surface area (Å²) in [6, 6.07) is 0. The monoisotopic (exact) mass is 185 g/mol. The van der Waals surface area contributed by atoms with E-state index in [1.165, 1.54) is 6.42 Å². The lowest BCUT2D eigenvalue weighted by Crippen LogP contribution is -2.24. The molecule has 0 saturated heterocycles. The Balaban J connectivity index is 0. The maximum absolute atomic E-state index is 3.35. The van der Waals surface area contributed by atoms with Crippen LogP contribution in [0.2, 0.25) is 0 Å². The third-order valence-electron chi connectivity index (χ3n) is 1.80. The molecule has 0 aromatic carbocycles. The van der Waals surface area contributed by atoms with E-state index >= 15 is 0 Å². The third-order valence-corrected chi connectivity index (χ3v) is 1.80. The van der Waals surface area contributed by atoms with Gasteiger partial charge in [-0.2, -0.15) is 0 Å². The van der Waals surface area contributed by atoms with E-state index in [0.29, 0.717) is 0 Å². The van der Waals surface area contributed by atoms with Gasteiger partial charge in [-0.15, -0.1) is 0 Å². The van der Waals surface area contributed by atoms with Gasteiger partial charge in [0.2, 0.25) is 0 Å². The lowest BCUT2D eigenvalue weighted by atomic mass is 10.0. The van der Waals surface area contributed by atoms with Gasteiger partial charge in [0, 0.05) is 6.54 Å². The summed E-state index contributed by atoms with van der Waals surface area (Å²) in [5.41, 5.74) is 1.57. The normalized spacial score (nSPS) is 14.8. The molecule has 1 nitrogen and oxygen atoms in total.